The molecule has 6 heteroatoms. The summed E-state index contributed by atoms with van der Waals surface area (Å²) in [7, 11) is 0. The molecule has 0 aromatic heterocycles. The fourth-order valence-electron chi connectivity index (χ4n) is 5.29. The van der Waals surface area contributed by atoms with Crippen molar-refractivity contribution in [3.63, 3.8) is 0 Å². The molecule has 204 valence electrons. The van der Waals surface area contributed by atoms with E-state index in [1.807, 2.05) is 49.4 Å². The van der Waals surface area contributed by atoms with E-state index in [0.717, 1.165) is 36.1 Å². The minimum Gasteiger partial charge on any atom is -0.488 e. The zero-order valence-corrected chi connectivity index (χ0v) is 23.1. The number of hydrogen-bond donors (Lipinski definition) is 2. The highest BCUT2D eigenvalue weighted by atomic mass is 35.5. The minimum absolute atomic E-state index is 0.000433. The van der Waals surface area contributed by atoms with Crippen LogP contribution in [0.25, 0.3) is 11.1 Å². The van der Waals surface area contributed by atoms with Crippen molar-refractivity contribution in [2.75, 3.05) is 19.8 Å². The highest BCUT2D eigenvalue weighted by molar-refractivity contribution is 6.33. The van der Waals surface area contributed by atoms with Crippen LogP contribution < -0.4 is 16.2 Å². The molecule has 0 spiro atoms. The molecule has 2 fully saturated rings. The third-order valence-electron chi connectivity index (χ3n) is 7.51. The summed E-state index contributed by atoms with van der Waals surface area (Å²) in [6.45, 7) is 3.40. The molecule has 1 saturated carbocycles. The molecule has 3 aromatic rings. The smallest absolute Gasteiger partial charge is 0.173 e. The van der Waals surface area contributed by atoms with Crippen LogP contribution in [0, 0.1) is 12.7 Å². The Morgan fingerprint density at radius 2 is 1.74 bits per heavy atom. The fraction of sp³-hybridized carbons (Fsp3) is 0.438. The molecular weight excluding hydrogens is 499 g/mol. The second-order valence-electron chi connectivity index (χ2n) is 10.4. The summed E-state index contributed by atoms with van der Waals surface area (Å²) >= 11 is 6.54. The van der Waals surface area contributed by atoms with Crippen LogP contribution in [0.2, 0.25) is 5.02 Å². The lowest BCUT2D eigenvalue weighted by molar-refractivity contribution is 0.0666. The van der Waals surface area contributed by atoms with Gasteiger partial charge in [0.2, 0.25) is 0 Å². The maximum Gasteiger partial charge on any atom is 0.173 e. The molecule has 0 amide bonds. The first-order chi connectivity index (χ1) is 18.5. The van der Waals surface area contributed by atoms with Crippen LogP contribution in [0.5, 0.6) is 5.75 Å². The lowest BCUT2D eigenvalue weighted by atomic mass is 9.88. The second kappa shape index (κ2) is 14.1. The van der Waals surface area contributed by atoms with Crippen molar-refractivity contribution < 1.29 is 13.9 Å². The van der Waals surface area contributed by atoms with Gasteiger partial charge in [0.15, 0.2) is 11.6 Å². The summed E-state index contributed by atoms with van der Waals surface area (Å²) in [4.78, 5) is 0. The molecule has 1 aliphatic carbocycles. The largest absolute Gasteiger partial charge is 0.488 e. The number of aryl methyl sites for hydroxylation is 1. The number of rotatable bonds is 7. The topological polar surface area (TPSA) is 70.5 Å². The van der Waals surface area contributed by atoms with Crippen LogP contribution in [-0.4, -0.2) is 31.9 Å². The lowest BCUT2D eigenvalue weighted by Gasteiger charge is -2.19. The third kappa shape index (κ3) is 7.35. The van der Waals surface area contributed by atoms with Gasteiger partial charge in [-0.25, -0.2) is 4.39 Å². The summed E-state index contributed by atoms with van der Waals surface area (Å²) in [5.41, 5.74) is 15.8. The summed E-state index contributed by atoms with van der Waals surface area (Å²) in [5, 5.41) is 0.492. The van der Waals surface area contributed by atoms with Crippen LogP contribution in [0.4, 0.5) is 4.39 Å². The molecule has 1 heterocycles. The number of nitrogens with two attached hydrogens (primary N) is 2. The van der Waals surface area contributed by atoms with Crippen LogP contribution in [0.3, 0.4) is 0 Å². The molecule has 1 saturated heterocycles. The van der Waals surface area contributed by atoms with Crippen LogP contribution in [0.15, 0.2) is 60.7 Å². The van der Waals surface area contributed by atoms with Gasteiger partial charge in [-0.1, -0.05) is 73.3 Å². The standard InChI is InChI=1S/C26H27ClFNO2.C6H13N/c1-17-9-12-24(31-16-20-8-5-13-30-20)26(28)25(17)21-14-19(10-11-23(21)27)22(15-29)18-6-3-2-4-7-18;7-6-4-2-1-3-5-6/h2-4,6-7,9-12,14,20,22H,5,8,13,15-16,29H2,1H3;6H,1-5,7H2. The van der Waals surface area contributed by atoms with E-state index in [9.17, 15) is 0 Å². The minimum atomic E-state index is -0.402. The molecule has 1 aliphatic heterocycles. The zero-order chi connectivity index (χ0) is 26.9. The van der Waals surface area contributed by atoms with Crippen molar-refractivity contribution in [2.45, 2.75) is 69.9 Å². The van der Waals surface area contributed by atoms with Crippen molar-refractivity contribution >= 4 is 11.6 Å². The number of ether oxygens (including phenoxy) is 2. The van der Waals surface area contributed by atoms with Gasteiger partial charge in [-0.15, -0.1) is 0 Å². The van der Waals surface area contributed by atoms with Gasteiger partial charge >= 0.3 is 0 Å². The van der Waals surface area contributed by atoms with E-state index >= 15 is 4.39 Å². The maximum absolute atomic E-state index is 15.6. The third-order valence-corrected chi connectivity index (χ3v) is 7.84. The van der Waals surface area contributed by atoms with Crippen molar-refractivity contribution in [1.82, 2.24) is 0 Å². The fourth-order valence-corrected chi connectivity index (χ4v) is 5.50. The second-order valence-corrected chi connectivity index (χ2v) is 10.8. The monoisotopic (exact) mass is 538 g/mol. The normalized spacial score (nSPS) is 18.5. The molecule has 4 nitrogen and oxygen atoms in total. The molecule has 2 unspecified atom stereocenters. The average molecular weight is 539 g/mol. The summed E-state index contributed by atoms with van der Waals surface area (Å²) < 4.78 is 26.9. The van der Waals surface area contributed by atoms with Gasteiger partial charge in [0.25, 0.3) is 0 Å². The number of benzene rings is 3. The van der Waals surface area contributed by atoms with E-state index < -0.39 is 5.82 Å². The van der Waals surface area contributed by atoms with Crippen molar-refractivity contribution in [3.05, 3.63) is 88.2 Å². The highest BCUT2D eigenvalue weighted by Crippen LogP contribution is 2.39. The molecule has 0 radical (unpaired) electrons. The predicted molar refractivity (Wildman–Crippen MR) is 154 cm³/mol. The van der Waals surface area contributed by atoms with Gasteiger partial charge in [0, 0.05) is 41.3 Å². The van der Waals surface area contributed by atoms with Gasteiger partial charge in [-0.3, -0.25) is 0 Å². The Hall–Kier alpha value is -2.44. The van der Waals surface area contributed by atoms with E-state index in [1.54, 1.807) is 6.07 Å². The zero-order valence-electron chi connectivity index (χ0n) is 22.3. The van der Waals surface area contributed by atoms with E-state index in [-0.39, 0.29) is 17.8 Å². The van der Waals surface area contributed by atoms with Gasteiger partial charge in [-0.2, -0.15) is 0 Å². The Kier molecular flexibility index (Phi) is 10.6. The molecule has 0 bridgehead atoms. The average Bonchev–Trinajstić information content (AvgIpc) is 3.45. The Labute approximate surface area is 231 Å². The van der Waals surface area contributed by atoms with Gasteiger partial charge in [-0.05, 0) is 67.5 Å². The molecule has 2 atom stereocenters. The Morgan fingerprint density at radius 1 is 0.974 bits per heavy atom. The molecular formula is C32H40ClFN2O2. The number of halogens is 2. The maximum atomic E-state index is 15.6. The van der Waals surface area contributed by atoms with E-state index in [0.29, 0.717) is 35.3 Å². The molecule has 3 aromatic carbocycles. The summed E-state index contributed by atoms with van der Waals surface area (Å²) in [6, 6.07) is 19.9. The predicted octanol–water partition coefficient (Wildman–Crippen LogP) is 7.38. The quantitative estimate of drug-likeness (QED) is 0.329. The van der Waals surface area contributed by atoms with E-state index in [1.165, 1.54) is 32.1 Å². The number of hydrogen-bond acceptors (Lipinski definition) is 4. The Bertz CT molecular complexity index is 1160. The van der Waals surface area contributed by atoms with Crippen molar-refractivity contribution in [2.24, 2.45) is 11.5 Å². The SMILES string of the molecule is Cc1ccc(OCC2CCCO2)c(F)c1-c1cc(C(CN)c2ccccc2)ccc1Cl.NC1CCCCC1. The highest BCUT2D eigenvalue weighted by Gasteiger charge is 2.22. The first-order valence-electron chi connectivity index (χ1n) is 13.8. The molecule has 2 aliphatic rings. The van der Waals surface area contributed by atoms with Crippen LogP contribution in [0.1, 0.15) is 67.6 Å². The molecule has 38 heavy (non-hydrogen) atoms. The van der Waals surface area contributed by atoms with Crippen molar-refractivity contribution in [1.29, 1.82) is 0 Å². The van der Waals surface area contributed by atoms with Crippen molar-refractivity contribution in [3.8, 4) is 16.9 Å². The summed E-state index contributed by atoms with van der Waals surface area (Å²) in [5.74, 6) is -0.184. The van der Waals surface area contributed by atoms with Crippen LogP contribution >= 0.6 is 11.6 Å². The van der Waals surface area contributed by atoms with E-state index in [4.69, 9.17) is 32.5 Å². The molecule has 4 N–H and O–H groups in total. The first kappa shape index (κ1) is 28.6. The Morgan fingerprint density at radius 3 is 2.37 bits per heavy atom. The van der Waals surface area contributed by atoms with E-state index in [2.05, 4.69) is 12.1 Å². The first-order valence-corrected chi connectivity index (χ1v) is 14.2. The van der Waals surface area contributed by atoms with Gasteiger partial charge in [0.05, 0.1) is 6.10 Å². The van der Waals surface area contributed by atoms with Crippen LogP contribution in [-0.2, 0) is 4.74 Å². The van der Waals surface area contributed by atoms with Gasteiger partial charge < -0.3 is 20.9 Å². The molecule has 5 rings (SSSR count). The summed E-state index contributed by atoms with van der Waals surface area (Å²) in [6.07, 6.45) is 8.64. The Balaban J connectivity index is 0.000000417. The van der Waals surface area contributed by atoms with Gasteiger partial charge in [0.1, 0.15) is 6.61 Å². The lowest BCUT2D eigenvalue weighted by Crippen LogP contribution is -2.22.